The van der Waals surface area contributed by atoms with Crippen molar-refractivity contribution in [2.75, 3.05) is 6.54 Å². The second-order valence-corrected chi connectivity index (χ2v) is 3.95. The van der Waals surface area contributed by atoms with Gasteiger partial charge in [0.1, 0.15) is 0 Å². The standard InChI is InChI=1S/C14H16N2O3/c1-2-11-5-7-12(8-6-11)10-16-14(19)15-9-3-4-13(17)18/h1,5-8H,3-4,9-10H2,(H,17,18)(H2,15,16,19). The number of urea groups is 1. The van der Waals surface area contributed by atoms with E-state index in [0.717, 1.165) is 11.1 Å². The van der Waals surface area contributed by atoms with Crippen molar-refractivity contribution in [3.63, 3.8) is 0 Å². The van der Waals surface area contributed by atoms with Gasteiger partial charge in [-0.05, 0) is 24.1 Å². The van der Waals surface area contributed by atoms with Crippen LogP contribution in [0.5, 0.6) is 0 Å². The van der Waals surface area contributed by atoms with Crippen molar-refractivity contribution in [3.8, 4) is 12.3 Å². The second-order valence-electron chi connectivity index (χ2n) is 3.95. The smallest absolute Gasteiger partial charge is 0.315 e. The quantitative estimate of drug-likeness (QED) is 0.533. The molecule has 5 heteroatoms. The number of carbonyl (C=O) groups is 2. The summed E-state index contributed by atoms with van der Waals surface area (Å²) in [7, 11) is 0. The Morgan fingerprint density at radius 2 is 1.89 bits per heavy atom. The van der Waals surface area contributed by atoms with E-state index in [1.807, 2.05) is 24.3 Å². The van der Waals surface area contributed by atoms with E-state index in [0.29, 0.717) is 19.5 Å². The number of hydrogen-bond donors (Lipinski definition) is 3. The number of rotatable bonds is 6. The molecule has 1 aromatic carbocycles. The van der Waals surface area contributed by atoms with Gasteiger partial charge in [-0.3, -0.25) is 4.79 Å². The molecule has 5 nitrogen and oxygen atoms in total. The summed E-state index contributed by atoms with van der Waals surface area (Å²) in [5.74, 6) is 1.65. The number of terminal acetylenes is 1. The van der Waals surface area contributed by atoms with E-state index in [4.69, 9.17) is 11.5 Å². The van der Waals surface area contributed by atoms with Gasteiger partial charge in [0.2, 0.25) is 0 Å². The van der Waals surface area contributed by atoms with Crippen LogP contribution in [0.1, 0.15) is 24.0 Å². The van der Waals surface area contributed by atoms with E-state index >= 15 is 0 Å². The summed E-state index contributed by atoms with van der Waals surface area (Å²) in [5, 5.41) is 13.7. The summed E-state index contributed by atoms with van der Waals surface area (Å²) in [6.07, 6.45) is 5.71. The van der Waals surface area contributed by atoms with Gasteiger partial charge < -0.3 is 15.7 Å². The van der Waals surface area contributed by atoms with Crippen LogP contribution in [0.15, 0.2) is 24.3 Å². The van der Waals surface area contributed by atoms with E-state index < -0.39 is 5.97 Å². The minimum Gasteiger partial charge on any atom is -0.481 e. The first kappa shape index (κ1) is 14.6. The molecule has 0 aliphatic rings. The fourth-order valence-electron chi connectivity index (χ4n) is 1.41. The highest BCUT2D eigenvalue weighted by Gasteiger charge is 2.01. The Balaban J connectivity index is 2.22. The largest absolute Gasteiger partial charge is 0.481 e. The van der Waals surface area contributed by atoms with Crippen molar-refractivity contribution in [2.24, 2.45) is 0 Å². The third-order valence-corrected chi connectivity index (χ3v) is 2.43. The number of nitrogens with one attached hydrogen (secondary N) is 2. The molecule has 0 aromatic heterocycles. The van der Waals surface area contributed by atoms with Crippen LogP contribution in [0.3, 0.4) is 0 Å². The fraction of sp³-hybridized carbons (Fsp3) is 0.286. The Labute approximate surface area is 112 Å². The molecule has 0 atom stereocenters. The van der Waals surface area contributed by atoms with Crippen molar-refractivity contribution >= 4 is 12.0 Å². The first-order chi connectivity index (χ1) is 9.11. The zero-order chi connectivity index (χ0) is 14.1. The van der Waals surface area contributed by atoms with Gasteiger partial charge >= 0.3 is 12.0 Å². The van der Waals surface area contributed by atoms with Crippen LogP contribution in [0.4, 0.5) is 4.79 Å². The zero-order valence-corrected chi connectivity index (χ0v) is 10.5. The van der Waals surface area contributed by atoms with Crippen LogP contribution < -0.4 is 10.6 Å². The van der Waals surface area contributed by atoms with Crippen LogP contribution in [0, 0.1) is 12.3 Å². The monoisotopic (exact) mass is 260 g/mol. The maximum absolute atomic E-state index is 11.4. The fourth-order valence-corrected chi connectivity index (χ4v) is 1.41. The lowest BCUT2D eigenvalue weighted by atomic mass is 10.1. The van der Waals surface area contributed by atoms with Gasteiger partial charge in [-0.1, -0.05) is 18.1 Å². The maximum atomic E-state index is 11.4. The number of carboxylic acids is 1. The van der Waals surface area contributed by atoms with E-state index in [-0.39, 0.29) is 12.5 Å². The number of hydrogen-bond acceptors (Lipinski definition) is 2. The number of aliphatic carboxylic acids is 1. The van der Waals surface area contributed by atoms with Gasteiger partial charge in [0.25, 0.3) is 0 Å². The molecule has 100 valence electrons. The van der Waals surface area contributed by atoms with E-state index in [1.165, 1.54) is 0 Å². The van der Waals surface area contributed by atoms with Crippen LogP contribution in [-0.4, -0.2) is 23.7 Å². The first-order valence-corrected chi connectivity index (χ1v) is 5.91. The predicted octanol–water partition coefficient (Wildman–Crippen LogP) is 1.33. The van der Waals surface area contributed by atoms with Gasteiger partial charge in [0, 0.05) is 25.1 Å². The van der Waals surface area contributed by atoms with Gasteiger partial charge in [-0.25, -0.2) is 4.79 Å². The minimum atomic E-state index is -0.865. The lowest BCUT2D eigenvalue weighted by Gasteiger charge is -2.07. The lowest BCUT2D eigenvalue weighted by Crippen LogP contribution is -2.35. The Morgan fingerprint density at radius 1 is 1.21 bits per heavy atom. The molecular formula is C14H16N2O3. The van der Waals surface area contributed by atoms with Crippen molar-refractivity contribution in [1.29, 1.82) is 0 Å². The highest BCUT2D eigenvalue weighted by molar-refractivity contribution is 5.73. The number of amides is 2. The molecule has 0 fully saturated rings. The van der Waals surface area contributed by atoms with Crippen LogP contribution in [0.25, 0.3) is 0 Å². The maximum Gasteiger partial charge on any atom is 0.315 e. The number of carboxylic acid groups (broad SMARTS) is 1. The molecule has 0 saturated carbocycles. The third kappa shape index (κ3) is 6.13. The molecule has 1 rings (SSSR count). The highest BCUT2D eigenvalue weighted by atomic mass is 16.4. The highest BCUT2D eigenvalue weighted by Crippen LogP contribution is 2.02. The SMILES string of the molecule is C#Cc1ccc(CNC(=O)NCCCC(=O)O)cc1. The number of benzene rings is 1. The summed E-state index contributed by atoms with van der Waals surface area (Å²) in [6.45, 7) is 0.740. The third-order valence-electron chi connectivity index (χ3n) is 2.43. The van der Waals surface area contributed by atoms with Crippen molar-refractivity contribution < 1.29 is 14.7 Å². The average Bonchev–Trinajstić information content (AvgIpc) is 2.41. The van der Waals surface area contributed by atoms with E-state index in [1.54, 1.807) is 0 Å². The Kier molecular flexibility index (Phi) is 5.96. The molecule has 19 heavy (non-hydrogen) atoms. The van der Waals surface area contributed by atoms with Crippen LogP contribution in [-0.2, 0) is 11.3 Å². The second kappa shape index (κ2) is 7.77. The van der Waals surface area contributed by atoms with Crippen molar-refractivity contribution in [3.05, 3.63) is 35.4 Å². The molecule has 0 heterocycles. The molecule has 1 aromatic rings. The summed E-state index contributed by atoms with van der Waals surface area (Å²) in [5.41, 5.74) is 1.74. The Hall–Kier alpha value is -2.48. The molecule has 2 amide bonds. The van der Waals surface area contributed by atoms with Crippen LogP contribution >= 0.6 is 0 Å². The van der Waals surface area contributed by atoms with Crippen molar-refractivity contribution in [1.82, 2.24) is 10.6 Å². The molecule has 0 radical (unpaired) electrons. The molecule has 0 aliphatic carbocycles. The molecule has 0 saturated heterocycles. The lowest BCUT2D eigenvalue weighted by molar-refractivity contribution is -0.137. The zero-order valence-electron chi connectivity index (χ0n) is 10.5. The minimum absolute atomic E-state index is 0.0494. The van der Waals surface area contributed by atoms with Gasteiger partial charge in [0.15, 0.2) is 0 Å². The van der Waals surface area contributed by atoms with Gasteiger partial charge in [-0.2, -0.15) is 0 Å². The first-order valence-electron chi connectivity index (χ1n) is 5.91. The van der Waals surface area contributed by atoms with Gasteiger partial charge in [-0.15, -0.1) is 6.42 Å². The average molecular weight is 260 g/mol. The summed E-state index contributed by atoms with van der Waals surface area (Å²) < 4.78 is 0. The van der Waals surface area contributed by atoms with Crippen molar-refractivity contribution in [2.45, 2.75) is 19.4 Å². The summed E-state index contributed by atoms with van der Waals surface area (Å²) in [6, 6.07) is 7.00. The molecule has 0 unspecified atom stereocenters. The van der Waals surface area contributed by atoms with Crippen LogP contribution in [0.2, 0.25) is 0 Å². The van der Waals surface area contributed by atoms with E-state index in [9.17, 15) is 9.59 Å². The Bertz CT molecular complexity index is 474. The molecular weight excluding hydrogens is 244 g/mol. The van der Waals surface area contributed by atoms with E-state index in [2.05, 4.69) is 16.6 Å². The molecule has 0 spiro atoms. The molecule has 0 bridgehead atoms. The van der Waals surface area contributed by atoms with Gasteiger partial charge in [0.05, 0.1) is 0 Å². The summed E-state index contributed by atoms with van der Waals surface area (Å²) >= 11 is 0. The topological polar surface area (TPSA) is 78.4 Å². The molecule has 0 aliphatic heterocycles. The number of carbonyl (C=O) groups excluding carboxylic acids is 1. The summed E-state index contributed by atoms with van der Waals surface area (Å²) in [4.78, 5) is 21.6. The normalized spacial score (nSPS) is 9.42. The Morgan fingerprint density at radius 3 is 2.47 bits per heavy atom. The molecule has 3 N–H and O–H groups in total. The predicted molar refractivity (Wildman–Crippen MR) is 71.5 cm³/mol.